The van der Waals surface area contributed by atoms with Crippen LogP contribution in [0.4, 0.5) is 4.79 Å². The molecule has 2 aromatic rings. The van der Waals surface area contributed by atoms with Gasteiger partial charge in [0.15, 0.2) is 0 Å². The fourth-order valence-electron chi connectivity index (χ4n) is 2.77. The minimum absolute atomic E-state index is 0.00636. The molecule has 2 N–H and O–H groups in total. The number of nitrogens with zero attached hydrogens (tertiary/aromatic N) is 4. The number of carboxylic acid groups (broad SMARTS) is 1. The lowest BCUT2D eigenvalue weighted by Gasteiger charge is -2.21. The third-order valence-corrected chi connectivity index (χ3v) is 4.09. The molecule has 2 heterocycles. The van der Waals surface area contributed by atoms with Gasteiger partial charge in [-0.15, -0.1) is 0 Å². The second-order valence-electron chi connectivity index (χ2n) is 6.03. The summed E-state index contributed by atoms with van der Waals surface area (Å²) in [6.45, 7) is -0.566. The quantitative estimate of drug-likeness (QED) is 0.559. The van der Waals surface area contributed by atoms with Crippen molar-refractivity contribution in [3.63, 3.8) is 0 Å². The molecule has 0 radical (unpaired) electrons. The van der Waals surface area contributed by atoms with Crippen LogP contribution in [0.25, 0.3) is 0 Å². The second-order valence-corrected chi connectivity index (χ2v) is 6.03. The van der Waals surface area contributed by atoms with Crippen molar-refractivity contribution >= 4 is 24.3 Å². The Morgan fingerprint density at radius 3 is 2.43 bits per heavy atom. The van der Waals surface area contributed by atoms with Gasteiger partial charge in [-0.3, -0.25) is 19.3 Å². The number of likely N-dealkylation sites (N-methyl/N-ethyl adjacent to an activating group) is 1. The number of aromatic nitrogens is 2. The highest BCUT2D eigenvalue weighted by Crippen LogP contribution is 2.20. The number of urea groups is 1. The molecule has 0 bridgehead atoms. The van der Waals surface area contributed by atoms with E-state index in [9.17, 15) is 14.4 Å². The maximum Gasteiger partial charge on any atom is 0.327 e. The molecule has 1 atom stereocenters. The van der Waals surface area contributed by atoms with E-state index in [1.165, 1.54) is 11.9 Å². The van der Waals surface area contributed by atoms with Crippen molar-refractivity contribution in [3.8, 4) is 0 Å². The number of carbonyl (C=O) groups excluding carboxylic acids is 3. The van der Waals surface area contributed by atoms with Crippen molar-refractivity contribution in [3.05, 3.63) is 54.1 Å². The first kappa shape index (κ1) is 20.6. The first-order chi connectivity index (χ1) is 13.4. The second kappa shape index (κ2) is 9.31. The third kappa shape index (κ3) is 4.72. The lowest BCUT2D eigenvalue weighted by atomic mass is 10.1. The molecule has 10 heteroatoms. The zero-order chi connectivity index (χ0) is 20.7. The van der Waals surface area contributed by atoms with Crippen LogP contribution in [0, 0.1) is 0 Å². The summed E-state index contributed by atoms with van der Waals surface area (Å²) in [6, 6.07) is 8.48. The Morgan fingerprint density at radius 2 is 1.93 bits per heavy atom. The van der Waals surface area contributed by atoms with Crippen LogP contribution in [0.2, 0.25) is 0 Å². The van der Waals surface area contributed by atoms with E-state index in [-0.39, 0.29) is 25.5 Å². The first-order valence-corrected chi connectivity index (χ1v) is 8.33. The van der Waals surface area contributed by atoms with Crippen LogP contribution < -0.4 is 5.32 Å². The van der Waals surface area contributed by atoms with E-state index in [2.05, 4.69) is 10.3 Å². The highest BCUT2D eigenvalue weighted by atomic mass is 16.3. The summed E-state index contributed by atoms with van der Waals surface area (Å²) in [5.74, 6) is -0.138. The predicted molar refractivity (Wildman–Crippen MR) is 98.1 cm³/mol. The van der Waals surface area contributed by atoms with Crippen LogP contribution in [-0.2, 0) is 21.4 Å². The fraction of sp³-hybridized carbons (Fsp3) is 0.278. The van der Waals surface area contributed by atoms with Crippen LogP contribution in [0.15, 0.2) is 42.7 Å². The minimum atomic E-state index is -0.473. The third-order valence-electron chi connectivity index (χ3n) is 4.09. The monoisotopic (exact) mass is 387 g/mol. The summed E-state index contributed by atoms with van der Waals surface area (Å²) in [4.78, 5) is 51.1. The van der Waals surface area contributed by atoms with Gasteiger partial charge in [-0.25, -0.2) is 9.78 Å². The van der Waals surface area contributed by atoms with Crippen molar-refractivity contribution in [2.24, 2.45) is 7.05 Å². The van der Waals surface area contributed by atoms with E-state index in [1.54, 1.807) is 12.4 Å². The minimum Gasteiger partial charge on any atom is -0.483 e. The lowest BCUT2D eigenvalue weighted by Crippen LogP contribution is -2.42. The SMILES string of the molecule is CN1CC(=O)N(CC(=O)NC(c2ccccc2)c2nccn2C)C1=O.O=CO. The Bertz CT molecular complexity index is 851. The van der Waals surface area contributed by atoms with Crippen LogP contribution in [0.1, 0.15) is 17.4 Å². The van der Waals surface area contributed by atoms with E-state index >= 15 is 0 Å². The Labute approximate surface area is 161 Å². The van der Waals surface area contributed by atoms with Gasteiger partial charge >= 0.3 is 6.03 Å². The van der Waals surface area contributed by atoms with Gasteiger partial charge in [0.1, 0.15) is 25.0 Å². The molecule has 3 rings (SSSR count). The first-order valence-electron chi connectivity index (χ1n) is 8.33. The normalized spacial score (nSPS) is 14.4. The molecule has 0 saturated carbocycles. The lowest BCUT2D eigenvalue weighted by molar-refractivity contribution is -0.131. The molecule has 1 aromatic heterocycles. The number of nitrogens with one attached hydrogen (secondary N) is 1. The molecule has 1 saturated heterocycles. The number of hydrogen-bond donors (Lipinski definition) is 2. The van der Waals surface area contributed by atoms with Crippen LogP contribution in [0.5, 0.6) is 0 Å². The highest BCUT2D eigenvalue weighted by Gasteiger charge is 2.35. The van der Waals surface area contributed by atoms with E-state index in [1.807, 2.05) is 41.9 Å². The van der Waals surface area contributed by atoms with Crippen LogP contribution in [-0.4, -0.2) is 68.9 Å². The number of rotatable bonds is 5. The average molecular weight is 387 g/mol. The molecule has 1 aliphatic rings. The number of amides is 4. The zero-order valence-corrected chi connectivity index (χ0v) is 15.5. The topological polar surface area (TPSA) is 125 Å². The van der Waals surface area contributed by atoms with Crippen LogP contribution >= 0.6 is 0 Å². The van der Waals surface area contributed by atoms with Crippen molar-refractivity contribution in [2.75, 3.05) is 20.1 Å². The predicted octanol–water partition coefficient (Wildman–Crippen LogP) is 0.221. The van der Waals surface area contributed by atoms with Gasteiger partial charge in [0.25, 0.3) is 12.4 Å². The van der Waals surface area contributed by atoms with E-state index in [0.717, 1.165) is 10.5 Å². The molecule has 1 unspecified atom stereocenters. The molecule has 1 aliphatic heterocycles. The van der Waals surface area contributed by atoms with Crippen molar-refractivity contribution in [1.82, 2.24) is 24.7 Å². The van der Waals surface area contributed by atoms with E-state index in [4.69, 9.17) is 9.90 Å². The van der Waals surface area contributed by atoms with Gasteiger partial charge in [0.05, 0.1) is 0 Å². The number of benzene rings is 1. The standard InChI is InChI=1S/C17H19N5O3.CH2O2/c1-20-9-8-18-16(20)15(12-6-4-3-5-7-12)19-13(23)10-22-14(24)11-21(2)17(22)25;2-1-3/h3-9,15H,10-11H2,1-2H3,(H,19,23);1H,(H,2,3). The molecule has 0 aliphatic carbocycles. The summed E-state index contributed by atoms with van der Waals surface area (Å²) in [5.41, 5.74) is 0.862. The molecular weight excluding hydrogens is 366 g/mol. The van der Waals surface area contributed by atoms with Gasteiger partial charge in [-0.1, -0.05) is 30.3 Å². The van der Waals surface area contributed by atoms with Crippen molar-refractivity contribution in [2.45, 2.75) is 6.04 Å². The number of imide groups is 1. The summed E-state index contributed by atoms with van der Waals surface area (Å²) in [7, 11) is 3.37. The Kier molecular flexibility index (Phi) is 6.85. The average Bonchev–Trinajstić information content (AvgIpc) is 3.19. The van der Waals surface area contributed by atoms with E-state index < -0.39 is 18.0 Å². The zero-order valence-electron chi connectivity index (χ0n) is 15.5. The van der Waals surface area contributed by atoms with Crippen LogP contribution in [0.3, 0.4) is 0 Å². The van der Waals surface area contributed by atoms with Crippen molar-refractivity contribution < 1.29 is 24.3 Å². The molecule has 1 aromatic carbocycles. The molecule has 148 valence electrons. The molecule has 1 fully saturated rings. The smallest absolute Gasteiger partial charge is 0.327 e. The maximum atomic E-state index is 12.5. The van der Waals surface area contributed by atoms with Gasteiger partial charge < -0.3 is 19.9 Å². The van der Waals surface area contributed by atoms with Gasteiger partial charge in [0.2, 0.25) is 5.91 Å². The number of aryl methyl sites for hydroxylation is 1. The Hall–Kier alpha value is -3.69. The van der Waals surface area contributed by atoms with Gasteiger partial charge in [0, 0.05) is 26.5 Å². The Morgan fingerprint density at radius 1 is 1.29 bits per heavy atom. The molecule has 10 nitrogen and oxygen atoms in total. The van der Waals surface area contributed by atoms with E-state index in [0.29, 0.717) is 5.82 Å². The molecular formula is C18H21N5O5. The number of imidazole rings is 1. The maximum absolute atomic E-state index is 12.5. The highest BCUT2D eigenvalue weighted by molar-refractivity contribution is 6.04. The summed E-state index contributed by atoms with van der Waals surface area (Å²) in [5, 5.41) is 9.76. The molecule has 28 heavy (non-hydrogen) atoms. The van der Waals surface area contributed by atoms with Gasteiger partial charge in [-0.2, -0.15) is 0 Å². The van der Waals surface area contributed by atoms with Gasteiger partial charge in [-0.05, 0) is 5.56 Å². The Balaban J connectivity index is 0.000000878. The number of hydrogen-bond acceptors (Lipinski definition) is 5. The summed E-state index contributed by atoms with van der Waals surface area (Å²) in [6.07, 6.45) is 3.44. The largest absolute Gasteiger partial charge is 0.483 e. The number of carbonyl (C=O) groups is 4. The fourth-order valence-corrected chi connectivity index (χ4v) is 2.77. The van der Waals surface area contributed by atoms with Crippen molar-refractivity contribution in [1.29, 1.82) is 0 Å². The molecule has 4 amide bonds. The summed E-state index contributed by atoms with van der Waals surface area (Å²) < 4.78 is 1.82. The molecule has 0 spiro atoms. The summed E-state index contributed by atoms with van der Waals surface area (Å²) >= 11 is 0.